The summed E-state index contributed by atoms with van der Waals surface area (Å²) >= 11 is 3.71. The molecular weight excluding hydrogens is 370 g/mol. The number of aliphatic hydroxyl groups excluding tert-OH is 1. The van der Waals surface area contributed by atoms with Crippen molar-refractivity contribution in [3.05, 3.63) is 33.8 Å². The molecule has 1 spiro atoms. The van der Waals surface area contributed by atoms with E-state index in [4.69, 9.17) is 15.9 Å². The molecule has 24 heavy (non-hydrogen) atoms. The zero-order valence-electron chi connectivity index (χ0n) is 13.6. The van der Waals surface area contributed by atoms with Gasteiger partial charge in [0.25, 0.3) is 0 Å². The molecular formula is C19H20BrNO3. The van der Waals surface area contributed by atoms with E-state index < -0.39 is 6.10 Å². The Morgan fingerprint density at radius 2 is 2.42 bits per heavy atom. The molecule has 2 aliphatic heterocycles. The minimum Gasteiger partial charge on any atom is -0.493 e. The minimum atomic E-state index is -0.460. The maximum Gasteiger partial charge on any atom is 0.166 e. The van der Waals surface area contributed by atoms with Gasteiger partial charge >= 0.3 is 0 Å². The second-order valence-electron chi connectivity index (χ2n) is 6.72. The predicted molar refractivity (Wildman–Crippen MR) is 95.3 cm³/mol. The Morgan fingerprint density at radius 3 is 3.17 bits per heavy atom. The highest BCUT2D eigenvalue weighted by Crippen LogP contribution is 2.57. The lowest BCUT2D eigenvalue weighted by Gasteiger charge is -2.35. The molecule has 1 aromatic rings. The molecule has 0 fully saturated rings. The fourth-order valence-corrected chi connectivity index (χ4v) is 4.81. The number of aliphatic hydroxyl groups is 1. The van der Waals surface area contributed by atoms with Gasteiger partial charge in [-0.2, -0.15) is 0 Å². The number of nitrogens with zero attached hydrogens (tertiary/aromatic N) is 1. The number of halogens is 1. The molecule has 0 saturated heterocycles. The number of hydrogen-bond acceptors (Lipinski definition) is 4. The third kappa shape index (κ3) is 2.21. The highest BCUT2D eigenvalue weighted by atomic mass is 79.9. The SMILES string of the molecule is C#CCN1CCC23C=CC(O)C[C@H]2Oc2c(OC)cc(Br)c(c23)C1. The van der Waals surface area contributed by atoms with Crippen LogP contribution in [0, 0.1) is 12.3 Å². The van der Waals surface area contributed by atoms with E-state index in [0.29, 0.717) is 13.0 Å². The molecule has 2 heterocycles. The quantitative estimate of drug-likeness (QED) is 0.623. The molecule has 4 nitrogen and oxygen atoms in total. The van der Waals surface area contributed by atoms with E-state index in [9.17, 15) is 5.11 Å². The summed E-state index contributed by atoms with van der Waals surface area (Å²) in [5.74, 6) is 4.32. The normalized spacial score (nSPS) is 30.8. The lowest BCUT2D eigenvalue weighted by molar-refractivity contribution is 0.0816. The number of hydrogen-bond donors (Lipinski definition) is 1. The first-order chi connectivity index (χ1) is 11.6. The van der Waals surface area contributed by atoms with E-state index in [1.54, 1.807) is 7.11 Å². The Balaban J connectivity index is 1.94. The van der Waals surface area contributed by atoms with Gasteiger partial charge in [0.1, 0.15) is 6.10 Å². The molecule has 0 amide bonds. The predicted octanol–water partition coefficient (Wildman–Crippen LogP) is 2.62. The van der Waals surface area contributed by atoms with Crippen molar-refractivity contribution >= 4 is 15.9 Å². The number of ether oxygens (including phenoxy) is 2. The van der Waals surface area contributed by atoms with Gasteiger partial charge in [0, 0.05) is 29.5 Å². The average Bonchev–Trinajstić information content (AvgIpc) is 2.79. The van der Waals surface area contributed by atoms with Gasteiger partial charge in [-0.1, -0.05) is 34.0 Å². The van der Waals surface area contributed by atoms with Crippen LogP contribution in [0.4, 0.5) is 0 Å². The van der Waals surface area contributed by atoms with Crippen molar-refractivity contribution in [3.63, 3.8) is 0 Å². The van der Waals surface area contributed by atoms with E-state index in [0.717, 1.165) is 35.5 Å². The van der Waals surface area contributed by atoms with Crippen LogP contribution in [-0.4, -0.2) is 42.4 Å². The summed E-state index contributed by atoms with van der Waals surface area (Å²) in [4.78, 5) is 2.29. The highest BCUT2D eigenvalue weighted by molar-refractivity contribution is 9.10. The molecule has 1 aliphatic carbocycles. The summed E-state index contributed by atoms with van der Waals surface area (Å²) in [5.41, 5.74) is 2.19. The van der Waals surface area contributed by atoms with Gasteiger partial charge in [-0.15, -0.1) is 6.42 Å². The van der Waals surface area contributed by atoms with Crippen LogP contribution in [0.25, 0.3) is 0 Å². The van der Waals surface area contributed by atoms with Gasteiger partial charge in [0.2, 0.25) is 0 Å². The Kier molecular flexibility index (Phi) is 3.87. The van der Waals surface area contributed by atoms with Gasteiger partial charge in [0.15, 0.2) is 11.5 Å². The Labute approximate surface area is 150 Å². The zero-order chi connectivity index (χ0) is 16.9. The molecule has 0 aromatic heterocycles. The van der Waals surface area contributed by atoms with E-state index in [1.807, 2.05) is 12.1 Å². The van der Waals surface area contributed by atoms with Crippen LogP contribution in [0.5, 0.6) is 11.5 Å². The van der Waals surface area contributed by atoms with Crippen LogP contribution in [0.1, 0.15) is 24.0 Å². The first-order valence-corrected chi connectivity index (χ1v) is 8.98. The maximum atomic E-state index is 10.1. The lowest BCUT2D eigenvalue weighted by atomic mass is 9.69. The van der Waals surface area contributed by atoms with Crippen molar-refractivity contribution in [1.82, 2.24) is 4.90 Å². The van der Waals surface area contributed by atoms with Crippen LogP contribution in [0.3, 0.4) is 0 Å². The summed E-state index contributed by atoms with van der Waals surface area (Å²) in [6, 6.07) is 1.97. The molecule has 5 heteroatoms. The molecule has 126 valence electrons. The number of terminal acetylenes is 1. The monoisotopic (exact) mass is 389 g/mol. The first kappa shape index (κ1) is 16.0. The molecule has 3 atom stereocenters. The van der Waals surface area contributed by atoms with E-state index >= 15 is 0 Å². The third-order valence-electron chi connectivity index (χ3n) is 5.43. The zero-order valence-corrected chi connectivity index (χ0v) is 15.2. The van der Waals surface area contributed by atoms with Gasteiger partial charge in [-0.3, -0.25) is 4.90 Å². The van der Waals surface area contributed by atoms with Crippen molar-refractivity contribution in [1.29, 1.82) is 0 Å². The van der Waals surface area contributed by atoms with Gasteiger partial charge < -0.3 is 14.6 Å². The molecule has 0 radical (unpaired) electrons. The Morgan fingerprint density at radius 1 is 1.58 bits per heavy atom. The molecule has 0 bridgehead atoms. The number of benzene rings is 1. The van der Waals surface area contributed by atoms with Gasteiger partial charge in [-0.25, -0.2) is 0 Å². The Hall–Kier alpha value is -1.48. The summed E-state index contributed by atoms with van der Waals surface area (Å²) in [7, 11) is 1.66. The van der Waals surface area contributed by atoms with Gasteiger partial charge in [0.05, 0.1) is 25.2 Å². The lowest BCUT2D eigenvalue weighted by Crippen LogP contribution is -2.43. The second-order valence-corrected chi connectivity index (χ2v) is 7.57. The highest BCUT2D eigenvalue weighted by Gasteiger charge is 2.53. The molecule has 1 N–H and O–H groups in total. The smallest absolute Gasteiger partial charge is 0.166 e. The van der Waals surface area contributed by atoms with Crippen LogP contribution in [0.2, 0.25) is 0 Å². The van der Waals surface area contributed by atoms with Crippen molar-refractivity contribution in [2.75, 3.05) is 20.2 Å². The van der Waals surface area contributed by atoms with Crippen LogP contribution in [-0.2, 0) is 12.0 Å². The summed E-state index contributed by atoms with van der Waals surface area (Å²) < 4.78 is 12.9. The van der Waals surface area contributed by atoms with E-state index in [1.165, 1.54) is 11.1 Å². The minimum absolute atomic E-state index is 0.0692. The second kappa shape index (κ2) is 5.80. The van der Waals surface area contributed by atoms with Crippen LogP contribution in [0.15, 0.2) is 22.7 Å². The molecule has 3 aliphatic rings. The first-order valence-electron chi connectivity index (χ1n) is 8.19. The average molecular weight is 390 g/mol. The fraction of sp³-hybridized carbons (Fsp3) is 0.474. The third-order valence-corrected chi connectivity index (χ3v) is 6.14. The van der Waals surface area contributed by atoms with Crippen LogP contribution < -0.4 is 9.47 Å². The molecule has 1 aromatic carbocycles. The van der Waals surface area contributed by atoms with E-state index in [2.05, 4.69) is 32.8 Å². The standard InChI is InChI=1S/C19H20BrNO3/c1-3-7-21-8-6-19-5-4-12(22)9-16(19)24-18-15(23-2)10-14(20)13(11-21)17(18)19/h1,4-5,10,12,16,22H,6-9,11H2,2H3/t12?,16-,19?/m1/s1. The maximum absolute atomic E-state index is 10.1. The van der Waals surface area contributed by atoms with Crippen LogP contribution >= 0.6 is 15.9 Å². The Bertz CT molecular complexity index is 754. The molecule has 2 unspecified atom stereocenters. The summed E-state index contributed by atoms with van der Waals surface area (Å²) in [6.07, 6.45) is 10.6. The van der Waals surface area contributed by atoms with Crippen molar-refractivity contribution in [2.45, 2.75) is 37.0 Å². The molecule has 0 saturated carbocycles. The molecule has 4 rings (SSSR count). The van der Waals surface area contributed by atoms with Crippen molar-refractivity contribution in [3.8, 4) is 23.8 Å². The van der Waals surface area contributed by atoms with Crippen molar-refractivity contribution in [2.24, 2.45) is 0 Å². The topological polar surface area (TPSA) is 41.9 Å². The fourth-order valence-electron chi connectivity index (χ4n) is 4.28. The van der Waals surface area contributed by atoms with E-state index in [-0.39, 0.29) is 11.5 Å². The van der Waals surface area contributed by atoms with Crippen molar-refractivity contribution < 1.29 is 14.6 Å². The summed E-state index contributed by atoms with van der Waals surface area (Å²) in [6.45, 7) is 2.31. The van der Waals surface area contributed by atoms with Gasteiger partial charge in [-0.05, 0) is 18.1 Å². The number of methoxy groups -OCH3 is 1. The summed E-state index contributed by atoms with van der Waals surface area (Å²) in [5, 5.41) is 10.1. The largest absolute Gasteiger partial charge is 0.493 e. The number of rotatable bonds is 2.